The number of ether oxygens (including phenoxy) is 2. The van der Waals surface area contributed by atoms with Crippen LogP contribution in [0.15, 0.2) is 78.9 Å². The Morgan fingerprint density at radius 1 is 1.13 bits per heavy atom. The average molecular weight is 674 g/mol. The Morgan fingerprint density at radius 2 is 1.96 bits per heavy atom. The van der Waals surface area contributed by atoms with Gasteiger partial charge in [0, 0.05) is 28.7 Å². The molecule has 0 saturated carbocycles. The number of carbonyl (C=O) groups excluding carboxylic acids is 1. The molecule has 1 aromatic heterocycles. The van der Waals surface area contributed by atoms with Gasteiger partial charge in [0.2, 0.25) is 11.8 Å². The topological polar surface area (TPSA) is 106 Å². The first-order valence-corrected chi connectivity index (χ1v) is 15.9. The van der Waals surface area contributed by atoms with Crippen LogP contribution in [0.4, 0.5) is 10.1 Å². The minimum absolute atomic E-state index is 0.0709. The zero-order chi connectivity index (χ0) is 32.6. The van der Waals surface area contributed by atoms with Crippen LogP contribution < -0.4 is 14.8 Å². The summed E-state index contributed by atoms with van der Waals surface area (Å²) in [7, 11) is 0. The summed E-state index contributed by atoms with van der Waals surface area (Å²) in [5, 5.41) is 18.6. The van der Waals surface area contributed by atoms with Gasteiger partial charge >= 0.3 is 5.97 Å². The second kappa shape index (κ2) is 11.0. The van der Waals surface area contributed by atoms with Gasteiger partial charge in [-0.3, -0.25) is 9.69 Å². The molecule has 1 spiro atoms. The van der Waals surface area contributed by atoms with Crippen LogP contribution >= 0.6 is 23.2 Å². The van der Waals surface area contributed by atoms with Crippen LogP contribution in [0.3, 0.4) is 0 Å². The van der Waals surface area contributed by atoms with Gasteiger partial charge in [-0.2, -0.15) is 5.10 Å². The van der Waals surface area contributed by atoms with Gasteiger partial charge < -0.3 is 19.9 Å². The van der Waals surface area contributed by atoms with Gasteiger partial charge in [0.05, 0.1) is 40.2 Å². The predicted octanol–water partition coefficient (Wildman–Crippen LogP) is 7.03. The Morgan fingerprint density at radius 3 is 2.77 bits per heavy atom. The molecule has 1 fully saturated rings. The molecule has 0 aliphatic carbocycles. The molecule has 1 saturated heterocycles. The van der Waals surface area contributed by atoms with E-state index in [1.165, 1.54) is 18.2 Å². The second-order valence-corrected chi connectivity index (χ2v) is 12.7. The van der Waals surface area contributed by atoms with E-state index in [4.69, 9.17) is 37.8 Å². The van der Waals surface area contributed by atoms with E-state index >= 15 is 4.39 Å². The van der Waals surface area contributed by atoms with Crippen LogP contribution in [0.5, 0.6) is 11.6 Å². The second-order valence-electron chi connectivity index (χ2n) is 11.9. The van der Waals surface area contributed by atoms with Crippen LogP contribution in [0, 0.1) is 5.82 Å². The minimum Gasteiger partial charge on any atom is -0.494 e. The molecule has 4 heterocycles. The third kappa shape index (κ3) is 4.35. The van der Waals surface area contributed by atoms with Gasteiger partial charge in [0.15, 0.2) is 0 Å². The normalized spacial score (nSPS) is 22.9. The maximum Gasteiger partial charge on any atom is 0.335 e. The third-order valence-electron chi connectivity index (χ3n) is 9.48. The number of hydrogen-bond donors (Lipinski definition) is 2. The maximum atomic E-state index is 16.4. The molecule has 3 aliphatic rings. The highest BCUT2D eigenvalue weighted by Gasteiger charge is 2.69. The Balaban J connectivity index is 1.42. The Hall–Kier alpha value is -4.64. The molecule has 4 atom stereocenters. The number of carboxylic acid groups (broad SMARTS) is 1. The molecule has 0 unspecified atom stereocenters. The van der Waals surface area contributed by atoms with Crippen LogP contribution in [-0.2, 0) is 16.9 Å². The summed E-state index contributed by atoms with van der Waals surface area (Å²) in [6, 6.07) is 21.2. The summed E-state index contributed by atoms with van der Waals surface area (Å²) in [6.45, 7) is 2.82. The Kier molecular flexibility index (Phi) is 6.94. The summed E-state index contributed by atoms with van der Waals surface area (Å²) in [4.78, 5) is 28.6. The summed E-state index contributed by atoms with van der Waals surface area (Å²) < 4.78 is 30.3. The lowest BCUT2D eigenvalue weighted by Gasteiger charge is -2.39. The van der Waals surface area contributed by atoms with E-state index in [1.54, 1.807) is 35.0 Å². The molecule has 2 N–H and O–H groups in total. The molecular weight excluding hydrogens is 646 g/mol. The molecule has 3 aliphatic heterocycles. The van der Waals surface area contributed by atoms with Crippen molar-refractivity contribution in [1.82, 2.24) is 14.7 Å². The quantitative estimate of drug-likeness (QED) is 0.200. The van der Waals surface area contributed by atoms with Crippen molar-refractivity contribution in [2.75, 3.05) is 18.5 Å². The number of nitrogens with one attached hydrogen (secondary N) is 1. The number of nitrogens with zero attached hydrogens (tertiary/aromatic N) is 3. The Labute approximate surface area is 278 Å². The highest BCUT2D eigenvalue weighted by molar-refractivity contribution is 6.31. The van der Waals surface area contributed by atoms with Crippen LogP contribution in [0.2, 0.25) is 10.0 Å². The molecule has 47 heavy (non-hydrogen) atoms. The van der Waals surface area contributed by atoms with Crippen LogP contribution in [-0.4, -0.2) is 50.9 Å². The zero-order valence-electron chi connectivity index (χ0n) is 24.9. The van der Waals surface area contributed by atoms with Crippen molar-refractivity contribution in [3.05, 3.63) is 117 Å². The first-order chi connectivity index (χ1) is 22.7. The number of halogens is 3. The number of hydrogen-bond acceptors (Lipinski definition) is 6. The monoisotopic (exact) mass is 672 g/mol. The fraction of sp³-hybridized carbons (Fsp3) is 0.229. The zero-order valence-corrected chi connectivity index (χ0v) is 26.4. The van der Waals surface area contributed by atoms with Crippen molar-refractivity contribution in [3.8, 4) is 11.6 Å². The van der Waals surface area contributed by atoms with E-state index in [0.717, 1.165) is 5.56 Å². The lowest BCUT2D eigenvalue weighted by Crippen LogP contribution is -2.52. The summed E-state index contributed by atoms with van der Waals surface area (Å²) in [5.74, 6) is -1.83. The van der Waals surface area contributed by atoms with E-state index < -0.39 is 35.3 Å². The first-order valence-electron chi connectivity index (χ1n) is 15.1. The molecule has 0 radical (unpaired) electrons. The number of benzene rings is 4. The fourth-order valence-corrected chi connectivity index (χ4v) is 8.06. The van der Waals surface area contributed by atoms with Crippen LogP contribution in [0.1, 0.15) is 45.9 Å². The number of anilines is 1. The van der Waals surface area contributed by atoms with Gasteiger partial charge in [0.25, 0.3) is 0 Å². The average Bonchev–Trinajstić information content (AvgIpc) is 3.66. The van der Waals surface area contributed by atoms with Crippen molar-refractivity contribution in [3.63, 3.8) is 0 Å². The summed E-state index contributed by atoms with van der Waals surface area (Å²) >= 11 is 12.8. The smallest absolute Gasteiger partial charge is 0.335 e. The Bertz CT molecular complexity index is 2120. The minimum atomic E-state index is -1.46. The summed E-state index contributed by atoms with van der Waals surface area (Å²) in [5.41, 5.74) is 1.30. The molecule has 5 aromatic rings. The number of likely N-dealkylation sites (tertiary alicyclic amines) is 1. The third-order valence-corrected chi connectivity index (χ3v) is 10.0. The molecule has 1 amide bonds. The van der Waals surface area contributed by atoms with Crippen molar-refractivity contribution < 1.29 is 28.6 Å². The molecule has 8 rings (SSSR count). The van der Waals surface area contributed by atoms with E-state index in [9.17, 15) is 14.7 Å². The van der Waals surface area contributed by atoms with E-state index in [2.05, 4.69) is 10.2 Å². The molecular formula is C35H27Cl2FN4O5. The van der Waals surface area contributed by atoms with E-state index in [-0.39, 0.29) is 35.2 Å². The van der Waals surface area contributed by atoms with Gasteiger partial charge in [-0.25, -0.2) is 13.9 Å². The summed E-state index contributed by atoms with van der Waals surface area (Å²) in [6.07, 6.45) is 0. The van der Waals surface area contributed by atoms with Crippen molar-refractivity contribution in [2.24, 2.45) is 0 Å². The van der Waals surface area contributed by atoms with E-state index in [1.807, 2.05) is 37.3 Å². The van der Waals surface area contributed by atoms with E-state index in [0.29, 0.717) is 45.4 Å². The maximum absolute atomic E-state index is 16.4. The lowest BCUT2D eigenvalue weighted by atomic mass is 9.73. The standard InChI is InChI=1S/C35H27Cl2FN4O5/c1-2-46-21-6-3-5-18(13-21)16-41-28-17-47-32-22-11-9-19(33(43)44)14-26(22)40-42(32)31(28)29(23-7-4-8-25(37)30(23)38)35(41)24-12-10-20(36)15-27(24)39-34(35)45/h3-15,28-29,31H,2,16-17H2,1H3,(H,39,45)(H,43,44)/t28-,29-,31+,35+/m0/s1. The van der Waals surface area contributed by atoms with Gasteiger partial charge in [-0.05, 0) is 66.6 Å². The SMILES string of the molecule is CCOc1cccc(CN2[C@H]3COc4c5ccc(C(=O)O)cc5nn4[C@H]3[C@H](c3cccc(Cl)c3F)[C@]23C(=O)Nc2cc(Cl)ccc23)c1. The highest BCUT2D eigenvalue weighted by atomic mass is 35.5. The molecule has 238 valence electrons. The molecule has 4 aromatic carbocycles. The van der Waals surface area contributed by atoms with Crippen LogP contribution in [0.25, 0.3) is 10.9 Å². The van der Waals surface area contributed by atoms with Crippen molar-refractivity contribution >= 4 is 51.7 Å². The molecule has 12 heteroatoms. The highest BCUT2D eigenvalue weighted by Crippen LogP contribution is 2.63. The fourth-order valence-electron chi connectivity index (χ4n) is 7.70. The van der Waals surface area contributed by atoms with Crippen molar-refractivity contribution in [2.45, 2.75) is 37.0 Å². The van der Waals surface area contributed by atoms with Gasteiger partial charge in [-0.15, -0.1) is 0 Å². The number of aromatic carboxylic acids is 1. The number of fused-ring (bicyclic) bond motifs is 7. The number of carbonyl (C=O) groups is 2. The lowest BCUT2D eigenvalue weighted by molar-refractivity contribution is -0.128. The molecule has 9 nitrogen and oxygen atoms in total. The number of rotatable bonds is 6. The predicted molar refractivity (Wildman–Crippen MR) is 174 cm³/mol. The van der Waals surface area contributed by atoms with Gasteiger partial charge in [0.1, 0.15) is 23.7 Å². The number of carboxylic acids is 1. The first kappa shape index (κ1) is 29.7. The number of amides is 1. The number of aromatic nitrogens is 2. The van der Waals surface area contributed by atoms with Crippen molar-refractivity contribution in [1.29, 1.82) is 0 Å². The largest absolute Gasteiger partial charge is 0.494 e. The molecule has 0 bridgehead atoms. The van der Waals surface area contributed by atoms with Gasteiger partial charge in [-0.1, -0.05) is 53.5 Å².